The van der Waals surface area contributed by atoms with E-state index in [-0.39, 0.29) is 12.2 Å². The molecule has 1 aromatic heterocycles. The summed E-state index contributed by atoms with van der Waals surface area (Å²) < 4.78 is 13.1. The molecule has 0 saturated heterocycles. The molecule has 4 heteroatoms. The van der Waals surface area contributed by atoms with Crippen LogP contribution in [0.4, 0.5) is 4.39 Å². The van der Waals surface area contributed by atoms with Crippen LogP contribution in [0, 0.1) is 12.7 Å². The van der Waals surface area contributed by atoms with Crippen LogP contribution in [-0.2, 0) is 6.42 Å². The van der Waals surface area contributed by atoms with E-state index < -0.39 is 5.82 Å². The van der Waals surface area contributed by atoms with Gasteiger partial charge in [-0.3, -0.25) is 9.78 Å². The Morgan fingerprint density at radius 1 is 1.39 bits per heavy atom. The lowest BCUT2D eigenvalue weighted by Gasteiger charge is -2.06. The Hall–Kier alpha value is -1.74. The molecule has 0 aliphatic heterocycles. The molecule has 0 saturated carbocycles. The SMILES string of the molecule is Cc1ccncc1C(=O)Cc1cc(F)ccc1Cl. The van der Waals surface area contributed by atoms with E-state index >= 15 is 0 Å². The van der Waals surface area contributed by atoms with Crippen LogP contribution in [-0.4, -0.2) is 10.8 Å². The second kappa shape index (κ2) is 5.27. The molecule has 0 spiro atoms. The van der Waals surface area contributed by atoms with Crippen molar-refractivity contribution in [3.05, 3.63) is 64.2 Å². The zero-order valence-electron chi connectivity index (χ0n) is 9.78. The molecule has 1 aromatic carbocycles. The Bertz CT molecular complexity index is 598. The number of aromatic nitrogens is 1. The number of ketones is 1. The summed E-state index contributed by atoms with van der Waals surface area (Å²) in [4.78, 5) is 16.0. The van der Waals surface area contributed by atoms with Crippen molar-refractivity contribution < 1.29 is 9.18 Å². The summed E-state index contributed by atoms with van der Waals surface area (Å²) in [5, 5.41) is 0.395. The standard InChI is InChI=1S/C14H11ClFNO/c1-9-4-5-17-8-12(9)14(18)7-10-6-11(16)2-3-13(10)15/h2-6,8H,7H2,1H3. The number of nitrogens with zero attached hydrogens (tertiary/aromatic N) is 1. The van der Waals surface area contributed by atoms with Gasteiger partial charge in [0.1, 0.15) is 5.82 Å². The molecule has 92 valence electrons. The van der Waals surface area contributed by atoms with Gasteiger partial charge in [-0.15, -0.1) is 0 Å². The number of pyridine rings is 1. The zero-order chi connectivity index (χ0) is 13.1. The van der Waals surface area contributed by atoms with Gasteiger partial charge in [0.05, 0.1) is 0 Å². The van der Waals surface area contributed by atoms with Crippen molar-refractivity contribution in [3.63, 3.8) is 0 Å². The largest absolute Gasteiger partial charge is 0.294 e. The molecule has 18 heavy (non-hydrogen) atoms. The molecule has 0 atom stereocenters. The van der Waals surface area contributed by atoms with E-state index in [1.54, 1.807) is 12.3 Å². The number of hydrogen-bond donors (Lipinski definition) is 0. The number of rotatable bonds is 3. The van der Waals surface area contributed by atoms with Gasteiger partial charge in [-0.1, -0.05) is 11.6 Å². The number of benzene rings is 1. The monoisotopic (exact) mass is 263 g/mol. The first-order chi connectivity index (χ1) is 8.58. The number of Topliss-reactive ketones (excluding diaryl/α,β-unsaturated/α-hetero) is 1. The molecule has 1 heterocycles. The lowest BCUT2D eigenvalue weighted by molar-refractivity contribution is 0.0992. The fourth-order valence-corrected chi connectivity index (χ4v) is 1.89. The fraction of sp³-hybridized carbons (Fsp3) is 0.143. The normalized spacial score (nSPS) is 10.4. The average molecular weight is 264 g/mol. The van der Waals surface area contributed by atoms with Gasteiger partial charge >= 0.3 is 0 Å². The summed E-state index contributed by atoms with van der Waals surface area (Å²) in [6.45, 7) is 1.84. The van der Waals surface area contributed by atoms with Crippen LogP contribution in [0.1, 0.15) is 21.5 Å². The third-order valence-corrected chi connectivity index (χ3v) is 3.07. The van der Waals surface area contributed by atoms with Gasteiger partial charge in [0, 0.05) is 29.4 Å². The van der Waals surface area contributed by atoms with E-state index in [4.69, 9.17) is 11.6 Å². The van der Waals surface area contributed by atoms with Gasteiger partial charge in [-0.25, -0.2) is 4.39 Å². The topological polar surface area (TPSA) is 30.0 Å². The maximum absolute atomic E-state index is 13.1. The van der Waals surface area contributed by atoms with Crippen molar-refractivity contribution in [2.45, 2.75) is 13.3 Å². The average Bonchev–Trinajstić information content (AvgIpc) is 2.34. The molecule has 0 aliphatic rings. The van der Waals surface area contributed by atoms with E-state index in [1.807, 2.05) is 6.92 Å². The number of aryl methyl sites for hydroxylation is 1. The van der Waals surface area contributed by atoms with E-state index in [1.165, 1.54) is 24.4 Å². The van der Waals surface area contributed by atoms with Gasteiger partial charge in [-0.05, 0) is 42.3 Å². The summed E-state index contributed by atoms with van der Waals surface area (Å²) in [6, 6.07) is 5.77. The second-order valence-electron chi connectivity index (χ2n) is 4.03. The number of hydrogen-bond acceptors (Lipinski definition) is 2. The lowest BCUT2D eigenvalue weighted by atomic mass is 10.0. The predicted octanol–water partition coefficient (Wildman–Crippen LogP) is 3.61. The highest BCUT2D eigenvalue weighted by Crippen LogP contribution is 2.19. The van der Waals surface area contributed by atoms with Crippen LogP contribution in [0.25, 0.3) is 0 Å². The minimum Gasteiger partial charge on any atom is -0.294 e. The van der Waals surface area contributed by atoms with E-state index in [2.05, 4.69) is 4.98 Å². The smallest absolute Gasteiger partial charge is 0.169 e. The van der Waals surface area contributed by atoms with E-state index in [0.717, 1.165) is 5.56 Å². The Morgan fingerprint density at radius 2 is 2.17 bits per heavy atom. The van der Waals surface area contributed by atoms with Crippen molar-refractivity contribution in [1.82, 2.24) is 4.98 Å². The second-order valence-corrected chi connectivity index (χ2v) is 4.43. The van der Waals surface area contributed by atoms with Gasteiger partial charge in [0.15, 0.2) is 5.78 Å². The Morgan fingerprint density at radius 3 is 2.89 bits per heavy atom. The maximum Gasteiger partial charge on any atom is 0.169 e. The van der Waals surface area contributed by atoms with Crippen LogP contribution in [0.3, 0.4) is 0 Å². The van der Waals surface area contributed by atoms with Crippen LogP contribution < -0.4 is 0 Å². The molecule has 0 unspecified atom stereocenters. The summed E-state index contributed by atoms with van der Waals surface area (Å²) in [5.41, 5.74) is 1.88. The Balaban J connectivity index is 2.27. The molecule has 2 rings (SSSR count). The lowest BCUT2D eigenvalue weighted by Crippen LogP contribution is -2.06. The van der Waals surface area contributed by atoms with Crippen molar-refractivity contribution in [2.24, 2.45) is 0 Å². The minimum atomic E-state index is -0.398. The molecule has 0 amide bonds. The predicted molar refractivity (Wildman–Crippen MR) is 68.4 cm³/mol. The first-order valence-corrected chi connectivity index (χ1v) is 5.83. The number of carbonyl (C=O) groups is 1. The van der Waals surface area contributed by atoms with Gasteiger partial charge in [0.25, 0.3) is 0 Å². The molecule has 0 fully saturated rings. The first-order valence-electron chi connectivity index (χ1n) is 5.45. The highest BCUT2D eigenvalue weighted by atomic mass is 35.5. The zero-order valence-corrected chi connectivity index (χ0v) is 10.5. The Kier molecular flexibility index (Phi) is 3.72. The van der Waals surface area contributed by atoms with Crippen LogP contribution >= 0.6 is 11.6 Å². The third-order valence-electron chi connectivity index (χ3n) is 2.70. The highest BCUT2D eigenvalue weighted by Gasteiger charge is 2.12. The molecule has 0 radical (unpaired) electrons. The van der Waals surface area contributed by atoms with Crippen molar-refractivity contribution in [3.8, 4) is 0 Å². The van der Waals surface area contributed by atoms with Crippen molar-refractivity contribution in [2.75, 3.05) is 0 Å². The minimum absolute atomic E-state index is 0.0725. The van der Waals surface area contributed by atoms with Crippen LogP contribution in [0.15, 0.2) is 36.7 Å². The van der Waals surface area contributed by atoms with Gasteiger partial charge in [0.2, 0.25) is 0 Å². The van der Waals surface area contributed by atoms with Crippen LogP contribution in [0.5, 0.6) is 0 Å². The highest BCUT2D eigenvalue weighted by molar-refractivity contribution is 6.31. The molecular formula is C14H11ClFNO. The molecule has 2 aromatic rings. The molecule has 0 bridgehead atoms. The van der Waals surface area contributed by atoms with Crippen LogP contribution in [0.2, 0.25) is 5.02 Å². The Labute approximate surface area is 109 Å². The van der Waals surface area contributed by atoms with Gasteiger partial charge < -0.3 is 0 Å². The number of halogens is 2. The molecular weight excluding hydrogens is 253 g/mol. The maximum atomic E-state index is 13.1. The summed E-state index contributed by atoms with van der Waals surface area (Å²) in [7, 11) is 0. The third kappa shape index (κ3) is 2.74. The first kappa shape index (κ1) is 12.7. The van der Waals surface area contributed by atoms with Crippen molar-refractivity contribution in [1.29, 1.82) is 0 Å². The van der Waals surface area contributed by atoms with Gasteiger partial charge in [-0.2, -0.15) is 0 Å². The number of carbonyl (C=O) groups excluding carboxylic acids is 1. The van der Waals surface area contributed by atoms with E-state index in [9.17, 15) is 9.18 Å². The summed E-state index contributed by atoms with van der Waals surface area (Å²) in [5.74, 6) is -0.516. The fourth-order valence-electron chi connectivity index (χ4n) is 1.70. The molecule has 0 N–H and O–H groups in total. The quantitative estimate of drug-likeness (QED) is 0.792. The van der Waals surface area contributed by atoms with Crippen molar-refractivity contribution >= 4 is 17.4 Å². The molecule has 2 nitrogen and oxygen atoms in total. The van der Waals surface area contributed by atoms with E-state index in [0.29, 0.717) is 16.1 Å². The summed E-state index contributed by atoms with van der Waals surface area (Å²) >= 11 is 5.93. The molecule has 0 aliphatic carbocycles. The summed E-state index contributed by atoms with van der Waals surface area (Å²) in [6.07, 6.45) is 3.22.